The van der Waals surface area contributed by atoms with E-state index < -0.39 is 0 Å². The number of carbonyl (C=O) groups is 1. The highest BCUT2D eigenvalue weighted by atomic mass is 16.2. The highest BCUT2D eigenvalue weighted by molar-refractivity contribution is 5.96. The van der Waals surface area contributed by atoms with E-state index in [0.717, 1.165) is 11.6 Å². The number of imidazole rings is 1. The molecule has 0 bridgehead atoms. The lowest BCUT2D eigenvalue weighted by molar-refractivity contribution is 0.0782. The molecule has 0 saturated carbocycles. The lowest BCUT2D eigenvalue weighted by Crippen LogP contribution is -2.27. The van der Waals surface area contributed by atoms with Gasteiger partial charge in [0.1, 0.15) is 17.2 Å². The maximum Gasteiger partial charge on any atom is 0.259 e. The van der Waals surface area contributed by atoms with Crippen molar-refractivity contribution in [3.05, 3.63) is 54.5 Å². The fraction of sp³-hybridized carbons (Fsp3) is 0.214. The van der Waals surface area contributed by atoms with E-state index in [0.29, 0.717) is 12.1 Å². The fourth-order valence-corrected chi connectivity index (χ4v) is 2.25. The molecule has 3 rings (SSSR count). The Bertz CT molecular complexity index is 726. The zero-order valence-electron chi connectivity index (χ0n) is 11.9. The number of carbonyl (C=O) groups excluding carboxylic acids is 1. The Kier molecular flexibility index (Phi) is 3.31. The maximum atomic E-state index is 12.6. The summed E-state index contributed by atoms with van der Waals surface area (Å²) in [6, 6.07) is 3.82. The van der Waals surface area contributed by atoms with Gasteiger partial charge < -0.3 is 14.5 Å². The van der Waals surface area contributed by atoms with Gasteiger partial charge in [0.15, 0.2) is 0 Å². The number of hydrogen-bond acceptors (Lipinski definition) is 3. The predicted molar refractivity (Wildman–Crippen MR) is 76.9 cm³/mol. The van der Waals surface area contributed by atoms with Gasteiger partial charge >= 0.3 is 0 Å². The molecule has 108 valence electrons. The number of amides is 1. The molecule has 7 nitrogen and oxygen atoms in total. The largest absolute Gasteiger partial charge is 0.347 e. The summed E-state index contributed by atoms with van der Waals surface area (Å²) in [6.07, 6.45) is 8.78. The second-order valence-electron chi connectivity index (χ2n) is 4.79. The van der Waals surface area contributed by atoms with Gasteiger partial charge in [-0.05, 0) is 12.1 Å². The van der Waals surface area contributed by atoms with Crippen LogP contribution >= 0.6 is 0 Å². The Morgan fingerprint density at radius 1 is 1.38 bits per heavy atom. The number of hydrogen-bond donors (Lipinski definition) is 1. The van der Waals surface area contributed by atoms with Crippen LogP contribution in [0.25, 0.3) is 5.82 Å². The molecule has 3 aromatic rings. The van der Waals surface area contributed by atoms with Gasteiger partial charge in [-0.2, -0.15) is 5.10 Å². The van der Waals surface area contributed by atoms with Gasteiger partial charge in [0, 0.05) is 38.9 Å². The van der Waals surface area contributed by atoms with E-state index in [1.54, 1.807) is 35.2 Å². The molecule has 0 aliphatic rings. The van der Waals surface area contributed by atoms with Crippen LogP contribution in [-0.4, -0.2) is 42.2 Å². The zero-order valence-corrected chi connectivity index (χ0v) is 11.9. The summed E-state index contributed by atoms with van der Waals surface area (Å²) in [5.41, 5.74) is 0.558. The van der Waals surface area contributed by atoms with E-state index in [-0.39, 0.29) is 5.91 Å². The van der Waals surface area contributed by atoms with Crippen LogP contribution in [0.3, 0.4) is 0 Å². The number of aromatic amines is 1. The summed E-state index contributed by atoms with van der Waals surface area (Å²) in [7, 11) is 3.57. The first-order valence-corrected chi connectivity index (χ1v) is 6.56. The van der Waals surface area contributed by atoms with Crippen LogP contribution in [0.1, 0.15) is 16.2 Å². The van der Waals surface area contributed by atoms with Crippen molar-refractivity contribution in [2.45, 2.75) is 6.54 Å². The highest BCUT2D eigenvalue weighted by Crippen LogP contribution is 2.16. The minimum absolute atomic E-state index is 0.0943. The number of H-pyrrole nitrogens is 1. The lowest BCUT2D eigenvalue weighted by Gasteiger charge is -2.16. The maximum absolute atomic E-state index is 12.6. The fourth-order valence-electron chi connectivity index (χ4n) is 2.25. The van der Waals surface area contributed by atoms with Gasteiger partial charge in [0.2, 0.25) is 0 Å². The minimum atomic E-state index is -0.0943. The first-order chi connectivity index (χ1) is 10.2. The van der Waals surface area contributed by atoms with Gasteiger partial charge in [-0.15, -0.1) is 0 Å². The standard InChI is InChI=1S/C14H16N6O/c1-18(10-12-15-5-6-16-12)14(21)11-9-17-19(2)13(11)20-7-3-4-8-20/h3-9H,10H2,1-2H3,(H,15,16). The minimum Gasteiger partial charge on any atom is -0.347 e. The van der Waals surface area contributed by atoms with E-state index in [9.17, 15) is 4.79 Å². The third kappa shape index (κ3) is 2.45. The number of rotatable bonds is 4. The van der Waals surface area contributed by atoms with Crippen LogP contribution in [-0.2, 0) is 13.6 Å². The molecule has 0 atom stereocenters. The van der Waals surface area contributed by atoms with Crippen LogP contribution in [0.4, 0.5) is 0 Å². The molecule has 7 heteroatoms. The van der Waals surface area contributed by atoms with Gasteiger partial charge in [0.25, 0.3) is 5.91 Å². The molecule has 1 amide bonds. The second-order valence-corrected chi connectivity index (χ2v) is 4.79. The lowest BCUT2D eigenvalue weighted by atomic mass is 10.2. The topological polar surface area (TPSA) is 71.7 Å². The van der Waals surface area contributed by atoms with Crippen LogP contribution in [0.2, 0.25) is 0 Å². The van der Waals surface area contributed by atoms with Crippen molar-refractivity contribution in [3.8, 4) is 5.82 Å². The van der Waals surface area contributed by atoms with Crippen LogP contribution < -0.4 is 0 Å². The van der Waals surface area contributed by atoms with Gasteiger partial charge in [-0.25, -0.2) is 4.98 Å². The molecule has 0 fully saturated rings. The molecule has 3 heterocycles. The van der Waals surface area contributed by atoms with Crippen molar-refractivity contribution in [3.63, 3.8) is 0 Å². The van der Waals surface area contributed by atoms with Crippen molar-refractivity contribution in [1.29, 1.82) is 0 Å². The Morgan fingerprint density at radius 2 is 2.14 bits per heavy atom. The molecular weight excluding hydrogens is 268 g/mol. The Hall–Kier alpha value is -2.83. The molecule has 21 heavy (non-hydrogen) atoms. The first kappa shape index (κ1) is 13.2. The average Bonchev–Trinajstić information content (AvgIpc) is 3.18. The third-order valence-electron chi connectivity index (χ3n) is 3.28. The Morgan fingerprint density at radius 3 is 2.81 bits per heavy atom. The molecule has 0 unspecified atom stereocenters. The molecular formula is C14H16N6O. The summed E-state index contributed by atoms with van der Waals surface area (Å²) >= 11 is 0. The Labute approximate surface area is 121 Å². The molecule has 3 aromatic heterocycles. The van der Waals surface area contributed by atoms with Gasteiger partial charge in [-0.1, -0.05) is 0 Å². The Balaban J connectivity index is 1.88. The molecule has 0 spiro atoms. The molecule has 1 N–H and O–H groups in total. The number of nitrogens with zero attached hydrogens (tertiary/aromatic N) is 5. The third-order valence-corrected chi connectivity index (χ3v) is 3.28. The van der Waals surface area contributed by atoms with Crippen molar-refractivity contribution in [1.82, 2.24) is 29.2 Å². The van der Waals surface area contributed by atoms with Crippen molar-refractivity contribution in [2.24, 2.45) is 7.05 Å². The highest BCUT2D eigenvalue weighted by Gasteiger charge is 2.21. The number of aromatic nitrogens is 5. The van der Waals surface area contributed by atoms with Crippen molar-refractivity contribution < 1.29 is 4.79 Å². The van der Waals surface area contributed by atoms with Crippen LogP contribution in [0.5, 0.6) is 0 Å². The normalized spacial score (nSPS) is 10.8. The van der Waals surface area contributed by atoms with Gasteiger partial charge in [0.05, 0.1) is 12.7 Å². The second kappa shape index (κ2) is 5.28. The first-order valence-electron chi connectivity index (χ1n) is 6.56. The number of aryl methyl sites for hydroxylation is 1. The number of nitrogens with one attached hydrogen (secondary N) is 1. The van der Waals surface area contributed by atoms with Crippen molar-refractivity contribution in [2.75, 3.05) is 7.05 Å². The SMILES string of the molecule is CN(Cc1ncc[nH]1)C(=O)c1cnn(C)c1-n1cccc1. The van der Waals surface area contributed by atoms with E-state index in [2.05, 4.69) is 15.1 Å². The summed E-state index contributed by atoms with van der Waals surface area (Å²) in [5, 5.41) is 4.20. The molecule has 0 aromatic carbocycles. The summed E-state index contributed by atoms with van der Waals surface area (Å²) in [4.78, 5) is 21.4. The summed E-state index contributed by atoms with van der Waals surface area (Å²) < 4.78 is 3.56. The summed E-state index contributed by atoms with van der Waals surface area (Å²) in [5.74, 6) is 1.40. The monoisotopic (exact) mass is 284 g/mol. The van der Waals surface area contributed by atoms with Crippen LogP contribution in [0.15, 0.2) is 43.1 Å². The zero-order chi connectivity index (χ0) is 14.8. The van der Waals surface area contributed by atoms with E-state index in [1.807, 2.05) is 36.1 Å². The molecule has 0 saturated heterocycles. The molecule has 0 radical (unpaired) electrons. The predicted octanol–water partition coefficient (Wildman–Crippen LogP) is 1.21. The summed E-state index contributed by atoms with van der Waals surface area (Å²) in [6.45, 7) is 0.422. The van der Waals surface area contributed by atoms with E-state index in [4.69, 9.17) is 0 Å². The quantitative estimate of drug-likeness (QED) is 0.782. The van der Waals surface area contributed by atoms with E-state index >= 15 is 0 Å². The smallest absolute Gasteiger partial charge is 0.259 e. The molecule has 0 aliphatic carbocycles. The molecule has 0 aliphatic heterocycles. The average molecular weight is 284 g/mol. The van der Waals surface area contributed by atoms with Gasteiger partial charge in [-0.3, -0.25) is 9.48 Å². The van der Waals surface area contributed by atoms with E-state index in [1.165, 1.54) is 0 Å². The van der Waals surface area contributed by atoms with Crippen LogP contribution in [0, 0.1) is 0 Å². The van der Waals surface area contributed by atoms with Crippen molar-refractivity contribution >= 4 is 5.91 Å².